The van der Waals surface area contributed by atoms with Crippen LogP contribution in [-0.2, 0) is 9.84 Å². The largest absolute Gasteiger partial charge is 0.388 e. The Balaban J connectivity index is 2.25. The Morgan fingerprint density at radius 2 is 1.69 bits per heavy atom. The van der Waals surface area contributed by atoms with E-state index < -0.39 is 15.4 Å². The molecule has 0 aliphatic carbocycles. The van der Waals surface area contributed by atoms with Gasteiger partial charge in [0.25, 0.3) is 0 Å². The summed E-state index contributed by atoms with van der Waals surface area (Å²) in [5.74, 6) is 0.171. The fraction of sp³-hybridized carbons (Fsp3) is 1.00. The SMILES string of the molecule is CC(C)C(N)C1(O)CC2CCC(C1)S2(=O)=O. The van der Waals surface area contributed by atoms with Crippen molar-refractivity contribution in [2.24, 2.45) is 11.7 Å². The molecule has 0 spiro atoms. The molecule has 0 aromatic rings. The van der Waals surface area contributed by atoms with Crippen LogP contribution in [0.2, 0.25) is 0 Å². The van der Waals surface area contributed by atoms with Gasteiger partial charge in [-0.25, -0.2) is 8.42 Å². The second-order valence-corrected chi connectivity index (χ2v) is 8.20. The van der Waals surface area contributed by atoms with Gasteiger partial charge in [0, 0.05) is 6.04 Å². The molecule has 4 nitrogen and oxygen atoms in total. The van der Waals surface area contributed by atoms with E-state index in [2.05, 4.69) is 0 Å². The maximum absolute atomic E-state index is 11.9. The first kappa shape index (κ1) is 12.3. The molecule has 5 heteroatoms. The van der Waals surface area contributed by atoms with Crippen LogP contribution in [0.4, 0.5) is 0 Å². The average molecular weight is 247 g/mol. The van der Waals surface area contributed by atoms with E-state index in [1.165, 1.54) is 0 Å². The zero-order valence-corrected chi connectivity index (χ0v) is 10.7. The third-order valence-electron chi connectivity index (χ3n) is 4.24. The minimum absolute atomic E-state index is 0.171. The van der Waals surface area contributed by atoms with Crippen LogP contribution in [0.5, 0.6) is 0 Å². The Labute approximate surface area is 97.1 Å². The predicted octanol–water partition coefficient (Wildman–Crippen LogP) is 0.440. The van der Waals surface area contributed by atoms with E-state index in [1.807, 2.05) is 13.8 Å². The van der Waals surface area contributed by atoms with Crippen LogP contribution in [0.15, 0.2) is 0 Å². The molecule has 0 amide bonds. The minimum Gasteiger partial charge on any atom is -0.388 e. The van der Waals surface area contributed by atoms with Gasteiger partial charge in [-0.1, -0.05) is 13.8 Å². The Morgan fingerprint density at radius 1 is 1.25 bits per heavy atom. The van der Waals surface area contributed by atoms with Gasteiger partial charge in [-0.3, -0.25) is 0 Å². The first-order chi connectivity index (χ1) is 7.27. The summed E-state index contributed by atoms with van der Waals surface area (Å²) in [6.45, 7) is 3.93. The van der Waals surface area contributed by atoms with Crippen LogP contribution in [0.25, 0.3) is 0 Å². The summed E-state index contributed by atoms with van der Waals surface area (Å²) in [7, 11) is -2.97. The van der Waals surface area contributed by atoms with Crippen molar-refractivity contribution in [3.63, 3.8) is 0 Å². The highest BCUT2D eigenvalue weighted by atomic mass is 32.2. The normalized spacial score (nSPS) is 43.6. The third-order valence-corrected chi connectivity index (χ3v) is 6.90. The van der Waals surface area contributed by atoms with Crippen molar-refractivity contribution in [1.82, 2.24) is 0 Å². The fourth-order valence-corrected chi connectivity index (χ4v) is 5.69. The highest BCUT2D eigenvalue weighted by molar-refractivity contribution is 7.93. The summed E-state index contributed by atoms with van der Waals surface area (Å²) in [6, 6.07) is -0.328. The second kappa shape index (κ2) is 3.68. The lowest BCUT2D eigenvalue weighted by Gasteiger charge is -2.41. The number of fused-ring (bicyclic) bond motifs is 2. The second-order valence-electron chi connectivity index (χ2n) is 5.69. The van der Waals surface area contributed by atoms with E-state index in [1.54, 1.807) is 0 Å². The lowest BCUT2D eigenvalue weighted by molar-refractivity contribution is -0.0164. The van der Waals surface area contributed by atoms with Crippen molar-refractivity contribution in [2.75, 3.05) is 0 Å². The summed E-state index contributed by atoms with van der Waals surface area (Å²) in [4.78, 5) is 0. The van der Waals surface area contributed by atoms with Crippen molar-refractivity contribution in [1.29, 1.82) is 0 Å². The maximum atomic E-state index is 11.9. The Kier molecular flexibility index (Phi) is 2.84. The van der Waals surface area contributed by atoms with Gasteiger partial charge in [-0.15, -0.1) is 0 Å². The van der Waals surface area contributed by atoms with Gasteiger partial charge in [0.1, 0.15) is 0 Å². The molecule has 2 bridgehead atoms. The molecule has 2 aliphatic heterocycles. The van der Waals surface area contributed by atoms with Gasteiger partial charge in [-0.05, 0) is 31.6 Å². The van der Waals surface area contributed by atoms with Crippen LogP contribution in [0, 0.1) is 5.92 Å². The summed E-state index contributed by atoms with van der Waals surface area (Å²) in [5, 5.41) is 9.81. The molecule has 2 fully saturated rings. The summed E-state index contributed by atoms with van der Waals surface area (Å²) >= 11 is 0. The Hall–Kier alpha value is -0.130. The number of aliphatic hydroxyl groups is 1. The van der Waals surface area contributed by atoms with Crippen molar-refractivity contribution < 1.29 is 13.5 Å². The standard InChI is InChI=1S/C11H21NO3S/c1-7(2)10(12)11(13)5-8-3-4-9(6-11)16(8,14)15/h7-10,13H,3-6,12H2,1-2H3. The quantitative estimate of drug-likeness (QED) is 0.742. The summed E-state index contributed by atoms with van der Waals surface area (Å²) in [5.41, 5.74) is 5.04. The number of sulfone groups is 1. The van der Waals surface area contributed by atoms with Crippen LogP contribution >= 0.6 is 0 Å². The average Bonchev–Trinajstić information content (AvgIpc) is 2.40. The van der Waals surface area contributed by atoms with E-state index >= 15 is 0 Å². The van der Waals surface area contributed by atoms with Crippen molar-refractivity contribution >= 4 is 9.84 Å². The smallest absolute Gasteiger partial charge is 0.156 e. The van der Waals surface area contributed by atoms with E-state index in [0.29, 0.717) is 25.7 Å². The zero-order chi connectivity index (χ0) is 12.1. The van der Waals surface area contributed by atoms with Crippen LogP contribution in [0.1, 0.15) is 39.5 Å². The Morgan fingerprint density at radius 3 is 2.06 bits per heavy atom. The van der Waals surface area contributed by atoms with Crippen molar-refractivity contribution in [3.8, 4) is 0 Å². The molecule has 2 saturated heterocycles. The highest BCUT2D eigenvalue weighted by Gasteiger charge is 2.54. The summed E-state index contributed by atoms with van der Waals surface area (Å²) in [6.07, 6.45) is 2.04. The molecule has 3 atom stereocenters. The molecule has 2 rings (SSSR count). The lowest BCUT2D eigenvalue weighted by atomic mass is 9.81. The van der Waals surface area contributed by atoms with Crippen LogP contribution in [0.3, 0.4) is 0 Å². The maximum Gasteiger partial charge on any atom is 0.156 e. The number of hydrogen-bond donors (Lipinski definition) is 2. The zero-order valence-electron chi connectivity index (χ0n) is 9.89. The molecule has 3 unspecified atom stereocenters. The van der Waals surface area contributed by atoms with E-state index in [4.69, 9.17) is 5.73 Å². The molecule has 0 saturated carbocycles. The minimum atomic E-state index is -2.97. The van der Waals surface area contributed by atoms with Gasteiger partial charge >= 0.3 is 0 Å². The lowest BCUT2D eigenvalue weighted by Crippen LogP contribution is -2.57. The van der Waals surface area contributed by atoms with Crippen molar-refractivity contribution in [2.45, 2.75) is 61.7 Å². The van der Waals surface area contributed by atoms with Gasteiger partial charge in [0.2, 0.25) is 0 Å². The molecule has 3 N–H and O–H groups in total. The van der Waals surface area contributed by atoms with Crippen LogP contribution in [-0.4, -0.2) is 35.7 Å². The van der Waals surface area contributed by atoms with E-state index in [-0.39, 0.29) is 22.5 Å². The molecule has 0 aromatic carbocycles. The number of nitrogens with two attached hydrogens (primary N) is 1. The first-order valence-corrected chi connectivity index (χ1v) is 7.59. The third kappa shape index (κ3) is 1.69. The predicted molar refractivity (Wildman–Crippen MR) is 62.7 cm³/mol. The molecule has 2 heterocycles. The molecule has 0 aromatic heterocycles. The monoisotopic (exact) mass is 247 g/mol. The van der Waals surface area contributed by atoms with Gasteiger partial charge in [0.05, 0.1) is 16.1 Å². The fourth-order valence-electron chi connectivity index (χ4n) is 3.17. The van der Waals surface area contributed by atoms with Gasteiger partial charge in [-0.2, -0.15) is 0 Å². The van der Waals surface area contributed by atoms with E-state index in [9.17, 15) is 13.5 Å². The molecule has 16 heavy (non-hydrogen) atoms. The van der Waals surface area contributed by atoms with Crippen LogP contribution < -0.4 is 5.73 Å². The number of rotatable bonds is 2. The molecular formula is C11H21NO3S. The first-order valence-electron chi connectivity index (χ1n) is 5.98. The van der Waals surface area contributed by atoms with E-state index in [0.717, 1.165) is 0 Å². The molecular weight excluding hydrogens is 226 g/mol. The Bertz CT molecular complexity index is 357. The highest BCUT2D eigenvalue weighted by Crippen LogP contribution is 2.44. The molecule has 0 radical (unpaired) electrons. The molecule has 94 valence electrons. The van der Waals surface area contributed by atoms with Gasteiger partial charge in [0.15, 0.2) is 9.84 Å². The van der Waals surface area contributed by atoms with Gasteiger partial charge < -0.3 is 10.8 Å². The van der Waals surface area contributed by atoms with Crippen molar-refractivity contribution in [3.05, 3.63) is 0 Å². The number of hydrogen-bond acceptors (Lipinski definition) is 4. The summed E-state index contributed by atoms with van der Waals surface area (Å²) < 4.78 is 23.8. The topological polar surface area (TPSA) is 80.4 Å². The molecule has 2 aliphatic rings.